The standard InChI is InChI=1S/C21H29N7O/c1-4-13(2)18(20-23-16-7-5-6-8-17(16)24-20)25-21(29)19-14(3)28(27-26-19)15-9-11-22-12-10-15/h5-8,13,15,18,22H,4,9-12H2,1-3H3,(H,23,24)(H,25,29). The number of fused-ring (bicyclic) bond motifs is 1. The molecule has 2 aromatic heterocycles. The van der Waals surface area contributed by atoms with Crippen LogP contribution in [0, 0.1) is 12.8 Å². The third kappa shape index (κ3) is 3.89. The summed E-state index contributed by atoms with van der Waals surface area (Å²) in [6.07, 6.45) is 2.92. The van der Waals surface area contributed by atoms with Gasteiger partial charge in [0.15, 0.2) is 5.69 Å². The van der Waals surface area contributed by atoms with Crippen LogP contribution in [0.4, 0.5) is 0 Å². The van der Waals surface area contributed by atoms with Crippen LogP contribution < -0.4 is 10.6 Å². The summed E-state index contributed by atoms with van der Waals surface area (Å²) in [5.74, 6) is 0.796. The van der Waals surface area contributed by atoms with Crippen molar-refractivity contribution in [2.45, 2.75) is 52.1 Å². The molecule has 8 heteroatoms. The summed E-state index contributed by atoms with van der Waals surface area (Å²) in [5, 5.41) is 15.0. The number of rotatable bonds is 6. The first-order valence-corrected chi connectivity index (χ1v) is 10.5. The summed E-state index contributed by atoms with van der Waals surface area (Å²) >= 11 is 0. The molecule has 0 bridgehead atoms. The number of hydrogen-bond donors (Lipinski definition) is 3. The van der Waals surface area contributed by atoms with Gasteiger partial charge >= 0.3 is 0 Å². The van der Waals surface area contributed by atoms with Gasteiger partial charge in [-0.1, -0.05) is 37.6 Å². The van der Waals surface area contributed by atoms with Crippen LogP contribution in [-0.2, 0) is 0 Å². The Morgan fingerprint density at radius 3 is 2.79 bits per heavy atom. The number of para-hydroxylation sites is 2. The van der Waals surface area contributed by atoms with Crippen molar-refractivity contribution < 1.29 is 4.79 Å². The summed E-state index contributed by atoms with van der Waals surface area (Å²) in [5.41, 5.74) is 3.09. The Kier molecular flexibility index (Phi) is 5.62. The van der Waals surface area contributed by atoms with Crippen molar-refractivity contribution in [2.24, 2.45) is 5.92 Å². The van der Waals surface area contributed by atoms with Gasteiger partial charge < -0.3 is 15.6 Å². The number of aromatic nitrogens is 5. The Hall–Kier alpha value is -2.74. The number of imidazole rings is 1. The lowest BCUT2D eigenvalue weighted by molar-refractivity contribution is 0.0914. The average molecular weight is 396 g/mol. The van der Waals surface area contributed by atoms with E-state index in [4.69, 9.17) is 4.98 Å². The van der Waals surface area contributed by atoms with Gasteiger partial charge in [0.05, 0.1) is 28.8 Å². The minimum Gasteiger partial charge on any atom is -0.340 e. The normalized spacial score (nSPS) is 17.3. The highest BCUT2D eigenvalue weighted by Crippen LogP contribution is 2.26. The van der Waals surface area contributed by atoms with E-state index in [1.165, 1.54) is 0 Å². The lowest BCUT2D eigenvalue weighted by Gasteiger charge is -2.24. The van der Waals surface area contributed by atoms with Gasteiger partial charge in [-0.2, -0.15) is 0 Å². The van der Waals surface area contributed by atoms with Crippen LogP contribution in [0.25, 0.3) is 11.0 Å². The third-order valence-corrected chi connectivity index (χ3v) is 6.00. The van der Waals surface area contributed by atoms with Crippen molar-refractivity contribution in [3.8, 4) is 0 Å². The molecule has 0 radical (unpaired) electrons. The summed E-state index contributed by atoms with van der Waals surface area (Å²) < 4.78 is 1.91. The van der Waals surface area contributed by atoms with E-state index in [1.54, 1.807) is 0 Å². The first kappa shape index (κ1) is 19.6. The summed E-state index contributed by atoms with van der Waals surface area (Å²) in [6.45, 7) is 8.10. The van der Waals surface area contributed by atoms with Gasteiger partial charge in [0.25, 0.3) is 5.91 Å². The second-order valence-corrected chi connectivity index (χ2v) is 7.93. The molecule has 3 N–H and O–H groups in total. The SMILES string of the molecule is CCC(C)C(NC(=O)c1nnn(C2CCNCC2)c1C)c1nc2ccccc2[nH]1. The molecule has 1 aliphatic heterocycles. The Labute approximate surface area is 170 Å². The molecule has 4 rings (SSSR count). The first-order valence-electron chi connectivity index (χ1n) is 10.5. The van der Waals surface area contributed by atoms with Crippen molar-refractivity contribution in [1.29, 1.82) is 0 Å². The van der Waals surface area contributed by atoms with Crippen molar-refractivity contribution in [3.63, 3.8) is 0 Å². The number of nitrogens with one attached hydrogen (secondary N) is 3. The van der Waals surface area contributed by atoms with Crippen molar-refractivity contribution >= 4 is 16.9 Å². The van der Waals surface area contributed by atoms with Gasteiger partial charge in [-0.05, 0) is 50.9 Å². The van der Waals surface area contributed by atoms with Gasteiger partial charge in [0.2, 0.25) is 0 Å². The lowest BCUT2D eigenvalue weighted by Crippen LogP contribution is -2.34. The molecule has 1 saturated heterocycles. The van der Waals surface area contributed by atoms with Crippen LogP contribution in [0.5, 0.6) is 0 Å². The van der Waals surface area contributed by atoms with E-state index in [0.717, 1.165) is 54.9 Å². The zero-order valence-electron chi connectivity index (χ0n) is 17.3. The quantitative estimate of drug-likeness (QED) is 0.596. The largest absolute Gasteiger partial charge is 0.340 e. The van der Waals surface area contributed by atoms with Crippen LogP contribution in [0.3, 0.4) is 0 Å². The second-order valence-electron chi connectivity index (χ2n) is 7.93. The Balaban J connectivity index is 1.58. The predicted molar refractivity (Wildman–Crippen MR) is 112 cm³/mol. The number of nitrogens with zero attached hydrogens (tertiary/aromatic N) is 4. The van der Waals surface area contributed by atoms with E-state index < -0.39 is 0 Å². The Morgan fingerprint density at radius 2 is 2.07 bits per heavy atom. The van der Waals surface area contributed by atoms with Gasteiger partial charge in [0.1, 0.15) is 5.82 Å². The number of carbonyl (C=O) groups excluding carboxylic acids is 1. The number of carbonyl (C=O) groups is 1. The van der Waals surface area contributed by atoms with Crippen LogP contribution in [0.2, 0.25) is 0 Å². The average Bonchev–Trinajstić information content (AvgIpc) is 3.35. The minimum absolute atomic E-state index is 0.201. The molecule has 1 aromatic carbocycles. The topological polar surface area (TPSA) is 101 Å². The molecule has 8 nitrogen and oxygen atoms in total. The molecule has 1 amide bonds. The maximum atomic E-state index is 13.1. The van der Waals surface area contributed by atoms with Crippen LogP contribution >= 0.6 is 0 Å². The van der Waals surface area contributed by atoms with E-state index >= 15 is 0 Å². The molecule has 29 heavy (non-hydrogen) atoms. The molecule has 0 spiro atoms. The van der Waals surface area contributed by atoms with E-state index in [2.05, 4.69) is 39.8 Å². The summed E-state index contributed by atoms with van der Waals surface area (Å²) in [7, 11) is 0. The highest BCUT2D eigenvalue weighted by molar-refractivity contribution is 5.93. The van der Waals surface area contributed by atoms with Crippen molar-refractivity contribution in [3.05, 3.63) is 41.5 Å². The van der Waals surface area contributed by atoms with Gasteiger partial charge in [-0.3, -0.25) is 4.79 Å². The number of aromatic amines is 1. The fourth-order valence-electron chi connectivity index (χ4n) is 3.99. The second kappa shape index (κ2) is 8.32. The number of benzene rings is 1. The predicted octanol–water partition coefficient (Wildman–Crippen LogP) is 2.90. The zero-order valence-corrected chi connectivity index (χ0v) is 17.3. The smallest absolute Gasteiger partial charge is 0.274 e. The molecular formula is C21H29N7O. The molecule has 0 saturated carbocycles. The summed E-state index contributed by atoms with van der Waals surface area (Å²) in [6, 6.07) is 7.99. The van der Waals surface area contributed by atoms with E-state index in [1.807, 2.05) is 35.9 Å². The monoisotopic (exact) mass is 395 g/mol. The molecule has 2 atom stereocenters. The third-order valence-electron chi connectivity index (χ3n) is 6.00. The fraction of sp³-hybridized carbons (Fsp3) is 0.524. The first-order chi connectivity index (χ1) is 14.1. The molecular weight excluding hydrogens is 366 g/mol. The van der Waals surface area contributed by atoms with Crippen LogP contribution in [0.1, 0.15) is 67.2 Å². The van der Waals surface area contributed by atoms with Gasteiger partial charge in [-0.25, -0.2) is 9.67 Å². The molecule has 154 valence electrons. The lowest BCUT2D eigenvalue weighted by atomic mass is 9.98. The van der Waals surface area contributed by atoms with E-state index in [-0.39, 0.29) is 17.9 Å². The Morgan fingerprint density at radius 1 is 1.31 bits per heavy atom. The highest BCUT2D eigenvalue weighted by atomic mass is 16.2. The number of hydrogen-bond acceptors (Lipinski definition) is 5. The molecule has 1 aliphatic rings. The maximum Gasteiger partial charge on any atom is 0.274 e. The fourth-order valence-corrected chi connectivity index (χ4v) is 3.99. The molecule has 2 unspecified atom stereocenters. The summed E-state index contributed by atoms with van der Waals surface area (Å²) in [4.78, 5) is 21.2. The Bertz CT molecular complexity index is 953. The number of H-pyrrole nitrogens is 1. The van der Waals surface area contributed by atoms with Crippen LogP contribution in [-0.4, -0.2) is 44.0 Å². The zero-order chi connectivity index (χ0) is 20.4. The molecule has 1 fully saturated rings. The molecule has 3 heterocycles. The van der Waals surface area contributed by atoms with Gasteiger partial charge in [-0.15, -0.1) is 5.10 Å². The minimum atomic E-state index is -0.219. The van der Waals surface area contributed by atoms with Crippen molar-refractivity contribution in [1.82, 2.24) is 35.6 Å². The van der Waals surface area contributed by atoms with Crippen molar-refractivity contribution in [2.75, 3.05) is 13.1 Å². The molecule has 0 aliphatic carbocycles. The molecule has 3 aromatic rings. The highest BCUT2D eigenvalue weighted by Gasteiger charge is 2.28. The maximum absolute atomic E-state index is 13.1. The van der Waals surface area contributed by atoms with E-state index in [9.17, 15) is 4.79 Å². The van der Waals surface area contributed by atoms with Crippen LogP contribution in [0.15, 0.2) is 24.3 Å². The van der Waals surface area contributed by atoms with E-state index in [0.29, 0.717) is 11.7 Å². The number of piperidine rings is 1. The number of amides is 1. The van der Waals surface area contributed by atoms with Gasteiger partial charge in [0, 0.05) is 0 Å².